The van der Waals surface area contributed by atoms with Crippen LogP contribution in [0.3, 0.4) is 0 Å². The third-order valence-corrected chi connectivity index (χ3v) is 3.64. The van der Waals surface area contributed by atoms with Crippen molar-refractivity contribution in [3.8, 4) is 0 Å². The minimum Gasteiger partial charge on any atom is -0.469 e. The Labute approximate surface area is 98.7 Å². The molecule has 0 spiro atoms. The highest BCUT2D eigenvalue weighted by atomic mass is 16.5. The summed E-state index contributed by atoms with van der Waals surface area (Å²) in [5.74, 6) is 0.342. The summed E-state index contributed by atoms with van der Waals surface area (Å²) in [7, 11) is 1.46. The monoisotopic (exact) mass is 227 g/mol. The Kier molecular flexibility index (Phi) is 4.00. The highest BCUT2D eigenvalue weighted by molar-refractivity contribution is 5.78. The van der Waals surface area contributed by atoms with E-state index in [1.54, 1.807) is 0 Å². The molecule has 1 saturated carbocycles. The van der Waals surface area contributed by atoms with Crippen molar-refractivity contribution in [3.05, 3.63) is 0 Å². The fraction of sp³-hybridized carbons (Fsp3) is 0.923. The van der Waals surface area contributed by atoms with Gasteiger partial charge in [0.2, 0.25) is 0 Å². The van der Waals surface area contributed by atoms with Crippen molar-refractivity contribution in [2.45, 2.75) is 46.5 Å². The molecule has 0 bridgehead atoms. The number of methoxy groups -OCH3 is 1. The van der Waals surface area contributed by atoms with Crippen LogP contribution in [0.15, 0.2) is 0 Å². The fourth-order valence-electron chi connectivity index (χ4n) is 2.26. The first-order chi connectivity index (χ1) is 7.35. The molecule has 0 aromatic carbocycles. The van der Waals surface area contributed by atoms with Crippen LogP contribution in [0, 0.1) is 16.7 Å². The van der Waals surface area contributed by atoms with Gasteiger partial charge in [-0.3, -0.25) is 4.79 Å². The Bertz CT molecular complexity index is 253. The molecule has 0 aromatic rings. The van der Waals surface area contributed by atoms with Gasteiger partial charge in [0.15, 0.2) is 0 Å². The number of nitrogens with two attached hydrogens (primary N) is 1. The standard InChI is InChI=1S/C13H25NO2/c1-12(2,3)7-8-13(9-14,10-5-6-10)11(15)16-4/h10H,5-9,14H2,1-4H3. The van der Waals surface area contributed by atoms with Gasteiger partial charge in [0.05, 0.1) is 12.5 Å². The zero-order valence-electron chi connectivity index (χ0n) is 11.0. The summed E-state index contributed by atoms with van der Waals surface area (Å²) in [6.45, 7) is 7.00. The average Bonchev–Trinajstić information content (AvgIpc) is 3.01. The molecule has 0 heterocycles. The molecule has 0 amide bonds. The molecule has 16 heavy (non-hydrogen) atoms. The minimum absolute atomic E-state index is 0.109. The quantitative estimate of drug-likeness (QED) is 0.733. The van der Waals surface area contributed by atoms with E-state index in [4.69, 9.17) is 10.5 Å². The van der Waals surface area contributed by atoms with Crippen molar-refractivity contribution in [2.75, 3.05) is 13.7 Å². The Hall–Kier alpha value is -0.570. The van der Waals surface area contributed by atoms with Crippen molar-refractivity contribution in [3.63, 3.8) is 0 Å². The molecule has 0 aliphatic heterocycles. The molecule has 1 aliphatic rings. The van der Waals surface area contributed by atoms with Crippen LogP contribution in [0.5, 0.6) is 0 Å². The number of carbonyl (C=O) groups excluding carboxylic acids is 1. The Morgan fingerprint density at radius 2 is 1.88 bits per heavy atom. The highest BCUT2D eigenvalue weighted by Gasteiger charge is 2.50. The number of rotatable bonds is 5. The normalized spacial score (nSPS) is 20.3. The summed E-state index contributed by atoms with van der Waals surface area (Å²) in [5, 5.41) is 0. The van der Waals surface area contributed by atoms with Crippen molar-refractivity contribution < 1.29 is 9.53 Å². The lowest BCUT2D eigenvalue weighted by Crippen LogP contribution is -2.42. The molecule has 1 unspecified atom stereocenters. The summed E-state index contributed by atoms with van der Waals surface area (Å²) in [6, 6.07) is 0. The summed E-state index contributed by atoms with van der Waals surface area (Å²) < 4.78 is 4.95. The molecule has 2 N–H and O–H groups in total. The predicted octanol–water partition coefficient (Wildman–Crippen LogP) is 2.34. The van der Waals surface area contributed by atoms with E-state index in [0.717, 1.165) is 25.7 Å². The van der Waals surface area contributed by atoms with E-state index in [-0.39, 0.29) is 11.4 Å². The smallest absolute Gasteiger partial charge is 0.313 e. The van der Waals surface area contributed by atoms with Gasteiger partial charge in [0.1, 0.15) is 0 Å². The van der Waals surface area contributed by atoms with Gasteiger partial charge in [-0.2, -0.15) is 0 Å². The molecule has 0 saturated heterocycles. The van der Waals surface area contributed by atoms with Crippen LogP contribution in [0.4, 0.5) is 0 Å². The third kappa shape index (κ3) is 2.97. The molecule has 0 aromatic heterocycles. The lowest BCUT2D eigenvalue weighted by molar-refractivity contribution is -0.154. The van der Waals surface area contributed by atoms with Crippen LogP contribution in [0.25, 0.3) is 0 Å². The second kappa shape index (κ2) is 4.74. The van der Waals surface area contributed by atoms with E-state index in [2.05, 4.69) is 20.8 Å². The van der Waals surface area contributed by atoms with Crippen LogP contribution in [-0.2, 0) is 9.53 Å². The number of carbonyl (C=O) groups is 1. The first-order valence-electron chi connectivity index (χ1n) is 6.14. The maximum Gasteiger partial charge on any atom is 0.313 e. The maximum absolute atomic E-state index is 12.0. The lowest BCUT2D eigenvalue weighted by atomic mass is 9.74. The molecular weight excluding hydrogens is 202 g/mol. The van der Waals surface area contributed by atoms with Crippen molar-refractivity contribution in [2.24, 2.45) is 22.5 Å². The van der Waals surface area contributed by atoms with Gasteiger partial charge in [-0.05, 0) is 37.0 Å². The van der Waals surface area contributed by atoms with Crippen LogP contribution < -0.4 is 5.73 Å². The molecule has 1 fully saturated rings. The summed E-state index contributed by atoms with van der Waals surface area (Å²) >= 11 is 0. The van der Waals surface area contributed by atoms with E-state index in [9.17, 15) is 4.79 Å². The van der Waals surface area contributed by atoms with Crippen molar-refractivity contribution in [1.82, 2.24) is 0 Å². The van der Waals surface area contributed by atoms with Gasteiger partial charge in [0.25, 0.3) is 0 Å². The molecule has 94 valence electrons. The van der Waals surface area contributed by atoms with E-state index in [1.807, 2.05) is 0 Å². The van der Waals surface area contributed by atoms with Crippen LogP contribution >= 0.6 is 0 Å². The molecule has 1 rings (SSSR count). The van der Waals surface area contributed by atoms with E-state index in [0.29, 0.717) is 12.5 Å². The molecule has 1 atom stereocenters. The molecular formula is C13H25NO2. The van der Waals surface area contributed by atoms with Gasteiger partial charge in [0, 0.05) is 6.54 Å². The van der Waals surface area contributed by atoms with Crippen molar-refractivity contribution in [1.29, 1.82) is 0 Å². The highest BCUT2D eigenvalue weighted by Crippen LogP contribution is 2.49. The SMILES string of the molecule is COC(=O)C(CN)(CCC(C)(C)C)C1CC1. The first kappa shape index (κ1) is 13.5. The largest absolute Gasteiger partial charge is 0.469 e. The lowest BCUT2D eigenvalue weighted by Gasteiger charge is -2.32. The topological polar surface area (TPSA) is 52.3 Å². The average molecular weight is 227 g/mol. The van der Waals surface area contributed by atoms with Gasteiger partial charge in [-0.1, -0.05) is 20.8 Å². The zero-order valence-corrected chi connectivity index (χ0v) is 11.0. The number of hydrogen-bond donors (Lipinski definition) is 1. The fourth-order valence-corrected chi connectivity index (χ4v) is 2.26. The summed E-state index contributed by atoms with van der Waals surface area (Å²) in [6.07, 6.45) is 4.10. The van der Waals surface area contributed by atoms with Crippen LogP contribution in [0.2, 0.25) is 0 Å². The van der Waals surface area contributed by atoms with Gasteiger partial charge in [-0.15, -0.1) is 0 Å². The molecule has 3 nitrogen and oxygen atoms in total. The number of ether oxygens (including phenoxy) is 1. The Balaban J connectivity index is 2.73. The Morgan fingerprint density at radius 3 is 2.19 bits per heavy atom. The second-order valence-corrected chi connectivity index (χ2v) is 6.19. The number of esters is 1. The molecule has 1 aliphatic carbocycles. The summed E-state index contributed by atoms with van der Waals surface area (Å²) in [4.78, 5) is 12.0. The van der Waals surface area contributed by atoms with Crippen LogP contribution in [-0.4, -0.2) is 19.6 Å². The van der Waals surface area contributed by atoms with Gasteiger partial charge >= 0.3 is 5.97 Å². The molecule has 0 radical (unpaired) electrons. The van der Waals surface area contributed by atoms with E-state index >= 15 is 0 Å². The van der Waals surface area contributed by atoms with Gasteiger partial charge < -0.3 is 10.5 Å². The van der Waals surface area contributed by atoms with Crippen LogP contribution in [0.1, 0.15) is 46.5 Å². The third-order valence-electron chi connectivity index (χ3n) is 3.64. The Morgan fingerprint density at radius 1 is 1.31 bits per heavy atom. The summed E-state index contributed by atoms with van der Waals surface area (Å²) in [5.41, 5.74) is 5.68. The second-order valence-electron chi connectivity index (χ2n) is 6.19. The zero-order chi connectivity index (χ0) is 12.4. The van der Waals surface area contributed by atoms with Gasteiger partial charge in [-0.25, -0.2) is 0 Å². The van der Waals surface area contributed by atoms with E-state index < -0.39 is 5.41 Å². The van der Waals surface area contributed by atoms with E-state index in [1.165, 1.54) is 7.11 Å². The maximum atomic E-state index is 12.0. The number of hydrogen-bond acceptors (Lipinski definition) is 3. The molecule has 3 heteroatoms. The predicted molar refractivity (Wildman–Crippen MR) is 64.9 cm³/mol. The minimum atomic E-state index is -0.415. The van der Waals surface area contributed by atoms with Crippen molar-refractivity contribution >= 4 is 5.97 Å². The first-order valence-corrected chi connectivity index (χ1v) is 6.14.